The maximum Gasteiger partial charge on any atom is 0.251 e. The Morgan fingerprint density at radius 1 is 1.19 bits per heavy atom. The minimum absolute atomic E-state index is 0.0147. The van der Waals surface area contributed by atoms with E-state index in [0.717, 1.165) is 18.5 Å². The summed E-state index contributed by atoms with van der Waals surface area (Å²) in [4.78, 5) is 23.0. The quantitative estimate of drug-likeness (QED) is 0.778. The lowest BCUT2D eigenvalue weighted by Gasteiger charge is -2.14. The summed E-state index contributed by atoms with van der Waals surface area (Å²) < 4.78 is 5.48. The number of benzene rings is 1. The van der Waals surface area contributed by atoms with E-state index < -0.39 is 0 Å². The van der Waals surface area contributed by atoms with E-state index in [4.69, 9.17) is 4.52 Å². The zero-order chi connectivity index (χ0) is 17.9. The zero-order valence-electron chi connectivity index (χ0n) is 14.4. The van der Waals surface area contributed by atoms with Gasteiger partial charge in [-0.2, -0.15) is 4.98 Å². The number of likely N-dealkylation sites (N-methyl/N-ethyl adjacent to an activating group) is 1. The van der Waals surface area contributed by atoms with Gasteiger partial charge in [-0.15, -0.1) is 0 Å². The number of carbonyl (C=O) groups excluding carboxylic acids is 1. The van der Waals surface area contributed by atoms with Crippen molar-refractivity contribution in [3.05, 3.63) is 66.3 Å². The highest BCUT2D eigenvalue weighted by molar-refractivity contribution is 5.94. The van der Waals surface area contributed by atoms with Crippen LogP contribution in [0.3, 0.4) is 0 Å². The molecular weight excluding hydrogens is 330 g/mol. The van der Waals surface area contributed by atoms with E-state index in [1.54, 1.807) is 12.4 Å². The van der Waals surface area contributed by atoms with Gasteiger partial charge >= 0.3 is 0 Å². The normalized spacial score (nSPS) is 20.2. The topological polar surface area (TPSA) is 84.2 Å². The average Bonchev–Trinajstić information content (AvgIpc) is 3.30. The molecule has 1 aliphatic rings. The Bertz CT molecular complexity index is 881. The summed E-state index contributed by atoms with van der Waals surface area (Å²) in [5.74, 6) is 1.05. The molecule has 0 bridgehead atoms. The monoisotopic (exact) mass is 349 g/mol. The van der Waals surface area contributed by atoms with E-state index in [1.807, 2.05) is 49.5 Å². The molecule has 1 N–H and O–H groups in total. The molecule has 26 heavy (non-hydrogen) atoms. The second kappa shape index (κ2) is 7.05. The number of amides is 1. The molecule has 132 valence electrons. The molecule has 0 radical (unpaired) electrons. The molecule has 1 fully saturated rings. The van der Waals surface area contributed by atoms with E-state index in [9.17, 15) is 4.79 Å². The van der Waals surface area contributed by atoms with Crippen LogP contribution in [0.1, 0.15) is 28.7 Å². The second-order valence-electron chi connectivity index (χ2n) is 6.42. The number of hydrogen-bond acceptors (Lipinski definition) is 6. The number of nitrogens with zero attached hydrogens (tertiary/aromatic N) is 4. The Kier molecular flexibility index (Phi) is 4.45. The number of pyridine rings is 1. The van der Waals surface area contributed by atoms with Crippen LogP contribution < -0.4 is 5.32 Å². The van der Waals surface area contributed by atoms with Crippen molar-refractivity contribution >= 4 is 5.91 Å². The highest BCUT2D eigenvalue weighted by Crippen LogP contribution is 2.30. The van der Waals surface area contributed by atoms with Crippen molar-refractivity contribution in [2.75, 3.05) is 13.6 Å². The van der Waals surface area contributed by atoms with Gasteiger partial charge in [0.25, 0.3) is 5.91 Å². The van der Waals surface area contributed by atoms with Crippen LogP contribution in [0.15, 0.2) is 59.4 Å². The zero-order valence-corrected chi connectivity index (χ0v) is 14.4. The van der Waals surface area contributed by atoms with Crippen LogP contribution in [-0.2, 0) is 0 Å². The molecule has 0 saturated carbocycles. The Balaban J connectivity index is 1.44. The molecule has 7 nitrogen and oxygen atoms in total. The van der Waals surface area contributed by atoms with Crippen LogP contribution in [0.4, 0.5) is 0 Å². The molecule has 1 aromatic carbocycles. The number of rotatable bonds is 4. The summed E-state index contributed by atoms with van der Waals surface area (Å²) in [6.07, 6.45) is 4.12. The van der Waals surface area contributed by atoms with Crippen molar-refractivity contribution in [1.29, 1.82) is 0 Å². The number of carbonyl (C=O) groups is 1. The molecule has 4 rings (SSSR count). The standard InChI is InChI=1S/C19H19N5O2/c1-24-12-15(21-18(25)14-5-3-2-4-6-14)11-16(24)19-22-17(23-26-19)13-7-9-20-10-8-13/h2-10,15-16H,11-12H2,1H3,(H,21,25)/t15-,16-/m0/s1. The predicted molar refractivity (Wildman–Crippen MR) is 95.2 cm³/mol. The lowest BCUT2D eigenvalue weighted by atomic mass is 10.1. The van der Waals surface area contributed by atoms with E-state index in [1.165, 1.54) is 0 Å². The fraction of sp³-hybridized carbons (Fsp3) is 0.263. The number of likely N-dealkylation sites (tertiary alicyclic amines) is 1. The van der Waals surface area contributed by atoms with Crippen molar-refractivity contribution in [2.45, 2.75) is 18.5 Å². The molecule has 1 aliphatic heterocycles. The molecule has 2 atom stereocenters. The van der Waals surface area contributed by atoms with Crippen LogP contribution in [0, 0.1) is 0 Å². The Morgan fingerprint density at radius 3 is 2.73 bits per heavy atom. The molecule has 2 aromatic heterocycles. The van der Waals surface area contributed by atoms with Crippen molar-refractivity contribution in [3.63, 3.8) is 0 Å². The van der Waals surface area contributed by atoms with Crippen LogP contribution in [0.2, 0.25) is 0 Å². The highest BCUT2D eigenvalue weighted by atomic mass is 16.5. The van der Waals surface area contributed by atoms with Crippen LogP contribution in [-0.4, -0.2) is 45.6 Å². The van der Waals surface area contributed by atoms with Crippen LogP contribution >= 0.6 is 0 Å². The third-order valence-corrected chi connectivity index (χ3v) is 4.58. The van der Waals surface area contributed by atoms with Gasteiger partial charge < -0.3 is 9.84 Å². The van der Waals surface area contributed by atoms with Crippen LogP contribution in [0.5, 0.6) is 0 Å². The summed E-state index contributed by atoms with van der Waals surface area (Å²) in [5, 5.41) is 7.16. The van der Waals surface area contributed by atoms with E-state index >= 15 is 0 Å². The number of hydrogen-bond donors (Lipinski definition) is 1. The SMILES string of the molecule is CN1C[C@@H](NC(=O)c2ccccc2)C[C@H]1c1nc(-c2ccncc2)no1. The maximum absolute atomic E-state index is 12.4. The Morgan fingerprint density at radius 2 is 1.96 bits per heavy atom. The van der Waals surface area contributed by atoms with Crippen molar-refractivity contribution in [3.8, 4) is 11.4 Å². The molecule has 1 amide bonds. The lowest BCUT2D eigenvalue weighted by molar-refractivity contribution is 0.0938. The van der Waals surface area contributed by atoms with Gasteiger partial charge in [-0.25, -0.2) is 0 Å². The Labute approximate surface area is 151 Å². The summed E-state index contributed by atoms with van der Waals surface area (Å²) in [7, 11) is 2.00. The van der Waals surface area contributed by atoms with Gasteiger partial charge in [0.15, 0.2) is 0 Å². The Hall–Kier alpha value is -3.06. The van der Waals surface area contributed by atoms with Crippen molar-refractivity contribution in [2.24, 2.45) is 0 Å². The molecule has 0 aliphatic carbocycles. The van der Waals surface area contributed by atoms with Crippen molar-refractivity contribution < 1.29 is 9.32 Å². The van der Waals surface area contributed by atoms with Gasteiger partial charge in [0, 0.05) is 36.1 Å². The first kappa shape index (κ1) is 16.4. The fourth-order valence-electron chi connectivity index (χ4n) is 3.24. The van der Waals surface area contributed by atoms with Gasteiger partial charge in [-0.05, 0) is 37.7 Å². The molecule has 0 spiro atoms. The van der Waals surface area contributed by atoms with Gasteiger partial charge in [-0.3, -0.25) is 14.7 Å². The third kappa shape index (κ3) is 3.34. The summed E-state index contributed by atoms with van der Waals surface area (Å²) >= 11 is 0. The molecule has 0 unspecified atom stereocenters. The number of nitrogens with one attached hydrogen (secondary N) is 1. The van der Waals surface area contributed by atoms with Crippen molar-refractivity contribution in [1.82, 2.24) is 25.3 Å². The van der Waals surface area contributed by atoms with E-state index in [0.29, 0.717) is 17.3 Å². The lowest BCUT2D eigenvalue weighted by Crippen LogP contribution is -2.36. The smallest absolute Gasteiger partial charge is 0.251 e. The first-order chi connectivity index (χ1) is 12.7. The maximum atomic E-state index is 12.4. The summed E-state index contributed by atoms with van der Waals surface area (Å²) in [6, 6.07) is 12.9. The van der Waals surface area contributed by atoms with Gasteiger partial charge in [-0.1, -0.05) is 23.4 Å². The molecule has 3 aromatic rings. The van der Waals surface area contributed by atoms with Crippen LogP contribution in [0.25, 0.3) is 11.4 Å². The fourth-order valence-corrected chi connectivity index (χ4v) is 3.24. The molecule has 1 saturated heterocycles. The molecule has 3 heterocycles. The average molecular weight is 349 g/mol. The largest absolute Gasteiger partial charge is 0.348 e. The second-order valence-corrected chi connectivity index (χ2v) is 6.42. The highest BCUT2D eigenvalue weighted by Gasteiger charge is 2.35. The van der Waals surface area contributed by atoms with Gasteiger partial charge in [0.1, 0.15) is 0 Å². The minimum Gasteiger partial charge on any atom is -0.348 e. The minimum atomic E-state index is -0.0624. The summed E-state index contributed by atoms with van der Waals surface area (Å²) in [6.45, 7) is 0.732. The third-order valence-electron chi connectivity index (χ3n) is 4.58. The first-order valence-electron chi connectivity index (χ1n) is 8.51. The predicted octanol–water partition coefficient (Wildman–Crippen LogP) is 2.31. The number of aromatic nitrogens is 3. The van der Waals surface area contributed by atoms with Gasteiger partial charge in [0.2, 0.25) is 11.7 Å². The molecule has 7 heteroatoms. The van der Waals surface area contributed by atoms with Gasteiger partial charge in [0.05, 0.1) is 6.04 Å². The van der Waals surface area contributed by atoms with E-state index in [-0.39, 0.29) is 18.0 Å². The molecular formula is C19H19N5O2. The van der Waals surface area contributed by atoms with E-state index in [2.05, 4.69) is 25.3 Å². The first-order valence-corrected chi connectivity index (χ1v) is 8.51. The summed E-state index contributed by atoms with van der Waals surface area (Å²) in [5.41, 5.74) is 1.53.